The molecule has 3 aromatic rings. The largest absolute Gasteiger partial charge is 0.386 e. The first kappa shape index (κ1) is 23.7. The van der Waals surface area contributed by atoms with Gasteiger partial charge in [0, 0.05) is 0 Å². The van der Waals surface area contributed by atoms with Crippen molar-refractivity contribution in [1.29, 1.82) is 0 Å². The number of carbonyl (C=O) groups is 4. The molecule has 0 aromatic heterocycles. The Bertz CT molecular complexity index is 1270. The Balaban J connectivity index is 1.24. The second-order valence-corrected chi connectivity index (χ2v) is 9.32. The molecule has 0 heterocycles. The third-order valence-corrected chi connectivity index (χ3v) is 6.87. The number of hydrogen-bond donors (Lipinski definition) is 0. The summed E-state index contributed by atoms with van der Waals surface area (Å²) in [6.07, 6.45) is 8.19. The van der Waals surface area contributed by atoms with E-state index in [1.807, 2.05) is 12.1 Å². The summed E-state index contributed by atoms with van der Waals surface area (Å²) in [4.78, 5) is 50.3. The smallest absolute Gasteiger partial charge is 0.346 e. The molecule has 2 aliphatic rings. The van der Waals surface area contributed by atoms with Crippen molar-refractivity contribution >= 4 is 23.9 Å². The molecule has 0 fully saturated rings. The molecule has 0 saturated carbocycles. The average Bonchev–Trinajstić information content (AvgIpc) is 2.92. The van der Waals surface area contributed by atoms with Crippen molar-refractivity contribution in [2.75, 3.05) is 0 Å². The van der Waals surface area contributed by atoms with E-state index in [-0.39, 0.29) is 11.1 Å². The maximum atomic E-state index is 12.6. The van der Waals surface area contributed by atoms with Crippen molar-refractivity contribution in [2.24, 2.45) is 0 Å². The van der Waals surface area contributed by atoms with Crippen molar-refractivity contribution in [2.45, 2.75) is 51.4 Å². The third kappa shape index (κ3) is 5.13. The summed E-state index contributed by atoms with van der Waals surface area (Å²) in [6, 6.07) is 16.3. The van der Waals surface area contributed by atoms with Gasteiger partial charge in [0.25, 0.3) is 0 Å². The summed E-state index contributed by atoms with van der Waals surface area (Å²) < 4.78 is 10.1. The standard InChI is InChI=1S/C30H26O6/c31-27(35-29(33)25-14-12-19-6-1-3-8-21(19)16-25)23-10-5-11-24(18-23)28(32)36-30(34)26-15-13-20-7-2-4-9-22(20)17-26/h5,10-18H,1-4,6-9H2. The SMILES string of the molecule is O=C(OC(=O)c1ccc2c(c1)CCCC2)c1cccc(C(=O)OC(=O)c2ccc3c(c2)CCCC3)c1. The van der Waals surface area contributed by atoms with E-state index >= 15 is 0 Å². The Hall–Kier alpha value is -4.06. The van der Waals surface area contributed by atoms with Crippen molar-refractivity contribution in [1.82, 2.24) is 0 Å². The molecule has 0 spiro atoms. The predicted octanol–water partition coefficient (Wildman–Crippen LogP) is 5.44. The van der Waals surface area contributed by atoms with Gasteiger partial charge >= 0.3 is 23.9 Å². The van der Waals surface area contributed by atoms with Crippen LogP contribution < -0.4 is 0 Å². The number of hydrogen-bond acceptors (Lipinski definition) is 6. The summed E-state index contributed by atoms with van der Waals surface area (Å²) >= 11 is 0. The molecule has 2 aliphatic carbocycles. The first-order valence-electron chi connectivity index (χ1n) is 12.3. The van der Waals surface area contributed by atoms with E-state index < -0.39 is 23.9 Å². The molecule has 5 rings (SSSR count). The van der Waals surface area contributed by atoms with E-state index in [1.165, 1.54) is 35.4 Å². The van der Waals surface area contributed by atoms with Crippen LogP contribution >= 0.6 is 0 Å². The van der Waals surface area contributed by atoms with Crippen LogP contribution in [-0.4, -0.2) is 23.9 Å². The molecule has 0 atom stereocenters. The quantitative estimate of drug-likeness (QED) is 0.364. The molecule has 182 valence electrons. The molecule has 36 heavy (non-hydrogen) atoms. The minimum Gasteiger partial charge on any atom is -0.386 e. The van der Waals surface area contributed by atoms with E-state index in [0.717, 1.165) is 62.5 Å². The van der Waals surface area contributed by atoms with E-state index in [9.17, 15) is 19.2 Å². The topological polar surface area (TPSA) is 86.7 Å². The maximum Gasteiger partial charge on any atom is 0.346 e. The number of benzene rings is 3. The zero-order chi connectivity index (χ0) is 25.1. The molecule has 0 amide bonds. The van der Waals surface area contributed by atoms with Gasteiger partial charge in [0.15, 0.2) is 0 Å². The Labute approximate surface area is 209 Å². The first-order chi connectivity index (χ1) is 17.5. The van der Waals surface area contributed by atoms with Crippen LogP contribution in [0.15, 0.2) is 60.7 Å². The van der Waals surface area contributed by atoms with Crippen molar-refractivity contribution in [3.63, 3.8) is 0 Å². The number of carbonyl (C=O) groups excluding carboxylic acids is 4. The maximum absolute atomic E-state index is 12.6. The normalized spacial score (nSPS) is 14.2. The van der Waals surface area contributed by atoms with Crippen LogP contribution in [0.5, 0.6) is 0 Å². The number of rotatable bonds is 4. The molecule has 0 aliphatic heterocycles. The van der Waals surface area contributed by atoms with E-state index in [4.69, 9.17) is 9.47 Å². The average molecular weight is 483 g/mol. The first-order valence-corrected chi connectivity index (χ1v) is 12.3. The van der Waals surface area contributed by atoms with Crippen LogP contribution in [0.2, 0.25) is 0 Å². The zero-order valence-electron chi connectivity index (χ0n) is 19.9. The number of fused-ring (bicyclic) bond motifs is 2. The Morgan fingerprint density at radius 3 is 1.22 bits per heavy atom. The van der Waals surface area contributed by atoms with E-state index in [1.54, 1.807) is 24.3 Å². The van der Waals surface area contributed by atoms with Crippen molar-refractivity contribution < 1.29 is 28.7 Å². The monoisotopic (exact) mass is 482 g/mol. The summed E-state index contributed by atoms with van der Waals surface area (Å²) in [5.74, 6) is -3.25. The summed E-state index contributed by atoms with van der Waals surface area (Å²) in [7, 11) is 0. The predicted molar refractivity (Wildman–Crippen MR) is 132 cm³/mol. The highest BCUT2D eigenvalue weighted by molar-refractivity contribution is 6.06. The van der Waals surface area contributed by atoms with Gasteiger partial charge in [0.1, 0.15) is 0 Å². The summed E-state index contributed by atoms with van der Waals surface area (Å²) in [6.45, 7) is 0. The fourth-order valence-electron chi connectivity index (χ4n) is 4.90. The second-order valence-electron chi connectivity index (χ2n) is 9.32. The Morgan fingerprint density at radius 2 is 0.806 bits per heavy atom. The van der Waals surface area contributed by atoms with Crippen LogP contribution in [-0.2, 0) is 35.2 Å². The molecule has 0 radical (unpaired) electrons. The van der Waals surface area contributed by atoms with Gasteiger partial charge in [-0.1, -0.05) is 18.2 Å². The van der Waals surface area contributed by atoms with Crippen LogP contribution in [0.1, 0.15) is 89.4 Å². The molecular weight excluding hydrogens is 456 g/mol. The van der Waals surface area contributed by atoms with Crippen molar-refractivity contribution in [3.8, 4) is 0 Å². The minimum atomic E-state index is -0.881. The van der Waals surface area contributed by atoms with Gasteiger partial charge in [-0.15, -0.1) is 0 Å². The number of ether oxygens (including phenoxy) is 2. The van der Waals surface area contributed by atoms with Crippen LogP contribution in [0.25, 0.3) is 0 Å². The molecule has 3 aromatic carbocycles. The Kier molecular flexibility index (Phi) is 6.76. The van der Waals surface area contributed by atoms with Gasteiger partial charge in [0.05, 0.1) is 22.3 Å². The fourth-order valence-corrected chi connectivity index (χ4v) is 4.90. The molecular formula is C30H26O6. The van der Waals surface area contributed by atoms with Gasteiger partial charge in [-0.25, -0.2) is 19.2 Å². The van der Waals surface area contributed by atoms with Crippen LogP contribution in [0.4, 0.5) is 0 Å². The lowest BCUT2D eigenvalue weighted by Gasteiger charge is -2.16. The lowest BCUT2D eigenvalue weighted by Crippen LogP contribution is -2.16. The highest BCUT2D eigenvalue weighted by Crippen LogP contribution is 2.24. The third-order valence-electron chi connectivity index (χ3n) is 6.87. The van der Waals surface area contributed by atoms with E-state index in [0.29, 0.717) is 11.1 Å². The molecule has 0 N–H and O–H groups in total. The molecule has 6 heteroatoms. The van der Waals surface area contributed by atoms with Gasteiger partial charge in [-0.05, 0) is 116 Å². The molecule has 6 nitrogen and oxygen atoms in total. The fraction of sp³-hybridized carbons (Fsp3) is 0.267. The van der Waals surface area contributed by atoms with Crippen molar-refractivity contribution in [3.05, 3.63) is 105 Å². The second kappa shape index (κ2) is 10.3. The van der Waals surface area contributed by atoms with Gasteiger partial charge in [0.2, 0.25) is 0 Å². The highest BCUT2D eigenvalue weighted by atomic mass is 16.6. The zero-order valence-corrected chi connectivity index (χ0v) is 19.9. The van der Waals surface area contributed by atoms with E-state index in [2.05, 4.69) is 0 Å². The highest BCUT2D eigenvalue weighted by Gasteiger charge is 2.21. The number of esters is 4. The molecule has 0 saturated heterocycles. The lowest BCUT2D eigenvalue weighted by molar-refractivity contribution is 0.0386. The Morgan fingerprint density at radius 1 is 0.444 bits per heavy atom. The molecule has 0 unspecified atom stereocenters. The number of aryl methyl sites for hydroxylation is 4. The lowest BCUT2D eigenvalue weighted by atomic mass is 9.90. The van der Waals surface area contributed by atoms with Gasteiger partial charge < -0.3 is 9.47 Å². The van der Waals surface area contributed by atoms with Gasteiger partial charge in [-0.2, -0.15) is 0 Å². The summed E-state index contributed by atoms with van der Waals surface area (Å²) in [5.41, 5.74) is 5.31. The minimum absolute atomic E-state index is 0.0111. The summed E-state index contributed by atoms with van der Waals surface area (Å²) in [5, 5.41) is 0. The van der Waals surface area contributed by atoms with Gasteiger partial charge in [-0.3, -0.25) is 0 Å². The van der Waals surface area contributed by atoms with Crippen LogP contribution in [0.3, 0.4) is 0 Å². The molecule has 0 bridgehead atoms. The van der Waals surface area contributed by atoms with Crippen LogP contribution in [0, 0.1) is 0 Å².